The van der Waals surface area contributed by atoms with Gasteiger partial charge in [0.1, 0.15) is 10.5 Å². The van der Waals surface area contributed by atoms with Crippen molar-refractivity contribution in [1.29, 1.82) is 0 Å². The molecule has 2 N–H and O–H groups in total. The second kappa shape index (κ2) is 5.93. The first-order valence-corrected chi connectivity index (χ1v) is 7.22. The molecule has 0 aliphatic heterocycles. The highest BCUT2D eigenvalue weighted by Gasteiger charge is 2.04. The minimum Gasteiger partial charge on any atom is -0.310 e. The van der Waals surface area contributed by atoms with Gasteiger partial charge in [-0.15, -0.1) is 16.4 Å². The third-order valence-electron chi connectivity index (χ3n) is 2.87. The Balaban J connectivity index is 1.51. The highest BCUT2D eigenvalue weighted by atomic mass is 32.1. The van der Waals surface area contributed by atoms with Crippen LogP contribution in [0.15, 0.2) is 28.6 Å². The van der Waals surface area contributed by atoms with E-state index in [2.05, 4.69) is 25.6 Å². The highest BCUT2D eigenvalue weighted by molar-refractivity contribution is 7.17. The van der Waals surface area contributed by atoms with Gasteiger partial charge in [0.15, 0.2) is 0 Å². The van der Waals surface area contributed by atoms with Crippen LogP contribution in [0.4, 0.5) is 0 Å². The van der Waals surface area contributed by atoms with Crippen LogP contribution in [0.1, 0.15) is 12.2 Å². The van der Waals surface area contributed by atoms with Crippen molar-refractivity contribution in [3.63, 3.8) is 0 Å². The molecular weight excluding hydrogens is 276 g/mol. The third kappa shape index (κ3) is 2.91. The van der Waals surface area contributed by atoms with Crippen molar-refractivity contribution in [3.05, 3.63) is 40.0 Å². The Morgan fingerprint density at radius 2 is 2.40 bits per heavy atom. The molecule has 0 bridgehead atoms. The number of thiophene rings is 1. The number of rotatable bonds is 6. The molecule has 3 aromatic rings. The second-order valence-electron chi connectivity index (χ2n) is 4.34. The zero-order valence-electron chi connectivity index (χ0n) is 10.7. The van der Waals surface area contributed by atoms with Crippen LogP contribution in [0.2, 0.25) is 0 Å². The lowest BCUT2D eigenvalue weighted by Gasteiger charge is -2.04. The Morgan fingerprint density at radius 3 is 3.25 bits per heavy atom. The average Bonchev–Trinajstić information content (AvgIpc) is 3.08. The van der Waals surface area contributed by atoms with Gasteiger partial charge in [0.05, 0.1) is 18.3 Å². The first-order valence-electron chi connectivity index (χ1n) is 6.34. The quantitative estimate of drug-likeness (QED) is 0.654. The van der Waals surface area contributed by atoms with Gasteiger partial charge in [-0.2, -0.15) is 0 Å². The van der Waals surface area contributed by atoms with Crippen molar-refractivity contribution in [2.45, 2.75) is 19.5 Å². The molecule has 0 aromatic carbocycles. The summed E-state index contributed by atoms with van der Waals surface area (Å²) in [6.07, 6.45) is 4.44. The molecule has 0 atom stereocenters. The normalized spacial score (nSPS) is 11.2. The summed E-state index contributed by atoms with van der Waals surface area (Å²) in [6, 6.07) is 1.86. The number of H-pyrrole nitrogens is 1. The number of aromatic amines is 1. The van der Waals surface area contributed by atoms with E-state index in [1.807, 2.05) is 17.6 Å². The smallest absolute Gasteiger partial charge is 0.268 e. The lowest BCUT2D eigenvalue weighted by molar-refractivity contribution is 0.526. The molecule has 0 fully saturated rings. The predicted octanol–water partition coefficient (Wildman–Crippen LogP) is 0.756. The van der Waals surface area contributed by atoms with E-state index in [1.54, 1.807) is 10.9 Å². The van der Waals surface area contributed by atoms with Gasteiger partial charge >= 0.3 is 0 Å². The Hall–Kier alpha value is -2.06. The number of hydrogen-bond acceptors (Lipinski definition) is 6. The minimum absolute atomic E-state index is 0.0654. The van der Waals surface area contributed by atoms with Crippen molar-refractivity contribution >= 4 is 21.6 Å². The van der Waals surface area contributed by atoms with Crippen molar-refractivity contribution in [3.8, 4) is 0 Å². The maximum absolute atomic E-state index is 11.8. The molecule has 104 valence electrons. The Labute approximate surface area is 118 Å². The number of aryl methyl sites for hydroxylation is 1. The molecule has 0 unspecified atom stereocenters. The molecule has 8 heteroatoms. The van der Waals surface area contributed by atoms with Crippen LogP contribution >= 0.6 is 11.3 Å². The summed E-state index contributed by atoms with van der Waals surface area (Å²) in [5, 5.41) is 12.8. The van der Waals surface area contributed by atoms with Crippen molar-refractivity contribution in [2.24, 2.45) is 0 Å². The SMILES string of the molecule is O=c1[nH]c(CNCCCn2ccnn2)nc2ccsc12. The maximum Gasteiger partial charge on any atom is 0.268 e. The van der Waals surface area contributed by atoms with E-state index in [-0.39, 0.29) is 5.56 Å². The number of nitrogens with one attached hydrogen (secondary N) is 2. The minimum atomic E-state index is -0.0654. The maximum atomic E-state index is 11.8. The van der Waals surface area contributed by atoms with Crippen LogP contribution in [0, 0.1) is 0 Å². The Morgan fingerprint density at radius 1 is 1.45 bits per heavy atom. The molecule has 0 radical (unpaired) electrons. The fourth-order valence-corrected chi connectivity index (χ4v) is 2.66. The largest absolute Gasteiger partial charge is 0.310 e. The first-order chi connectivity index (χ1) is 9.83. The van der Waals surface area contributed by atoms with E-state index in [1.165, 1.54) is 11.3 Å². The van der Waals surface area contributed by atoms with Crippen molar-refractivity contribution in [2.75, 3.05) is 6.54 Å². The zero-order valence-corrected chi connectivity index (χ0v) is 11.6. The molecule has 7 nitrogen and oxygen atoms in total. The van der Waals surface area contributed by atoms with Gasteiger partial charge in [-0.05, 0) is 24.4 Å². The molecular formula is C12H14N6OS. The topological polar surface area (TPSA) is 88.5 Å². The van der Waals surface area contributed by atoms with E-state index >= 15 is 0 Å². The van der Waals surface area contributed by atoms with E-state index in [4.69, 9.17) is 0 Å². The van der Waals surface area contributed by atoms with Gasteiger partial charge in [-0.1, -0.05) is 5.21 Å². The lowest BCUT2D eigenvalue weighted by atomic mass is 10.4. The molecule has 0 saturated heterocycles. The van der Waals surface area contributed by atoms with Gasteiger partial charge in [-0.25, -0.2) is 4.98 Å². The first kappa shape index (κ1) is 12.9. The Kier molecular flexibility index (Phi) is 3.84. The molecule has 0 aliphatic rings. The summed E-state index contributed by atoms with van der Waals surface area (Å²) in [6.45, 7) is 2.20. The number of hydrogen-bond donors (Lipinski definition) is 2. The summed E-state index contributed by atoms with van der Waals surface area (Å²) >= 11 is 1.41. The van der Waals surface area contributed by atoms with Crippen LogP contribution in [-0.2, 0) is 13.1 Å². The van der Waals surface area contributed by atoms with Gasteiger partial charge in [0, 0.05) is 12.7 Å². The van der Waals surface area contributed by atoms with Gasteiger partial charge in [-0.3, -0.25) is 9.48 Å². The van der Waals surface area contributed by atoms with E-state index in [0.717, 1.165) is 25.0 Å². The number of aromatic nitrogens is 5. The number of fused-ring (bicyclic) bond motifs is 1. The molecule has 0 aliphatic carbocycles. The zero-order chi connectivity index (χ0) is 13.8. The monoisotopic (exact) mass is 290 g/mol. The van der Waals surface area contributed by atoms with Crippen LogP contribution in [0.25, 0.3) is 10.2 Å². The van der Waals surface area contributed by atoms with Crippen LogP contribution in [0.3, 0.4) is 0 Å². The standard InChI is InChI=1S/C12H14N6OS/c19-12-11-9(2-7-20-11)15-10(16-12)8-13-3-1-5-18-6-4-14-17-18/h2,4,6-7,13H,1,3,5,8H2,(H,15,16,19). The second-order valence-corrected chi connectivity index (χ2v) is 5.26. The summed E-state index contributed by atoms with van der Waals surface area (Å²) in [5.41, 5.74) is 0.697. The Bertz CT molecular complexity index is 732. The van der Waals surface area contributed by atoms with Crippen molar-refractivity contribution in [1.82, 2.24) is 30.3 Å². The van der Waals surface area contributed by atoms with E-state index < -0.39 is 0 Å². The predicted molar refractivity (Wildman–Crippen MR) is 76.6 cm³/mol. The van der Waals surface area contributed by atoms with E-state index in [9.17, 15) is 4.79 Å². The fourth-order valence-electron chi connectivity index (χ4n) is 1.93. The van der Waals surface area contributed by atoms with E-state index in [0.29, 0.717) is 17.1 Å². The van der Waals surface area contributed by atoms with Crippen molar-refractivity contribution < 1.29 is 0 Å². The summed E-state index contributed by atoms with van der Waals surface area (Å²) in [5.74, 6) is 0.668. The average molecular weight is 290 g/mol. The van der Waals surface area contributed by atoms with Gasteiger partial charge in [0.25, 0.3) is 5.56 Å². The molecule has 3 heterocycles. The van der Waals surface area contributed by atoms with Gasteiger partial charge < -0.3 is 10.3 Å². The lowest BCUT2D eigenvalue weighted by Crippen LogP contribution is -2.20. The molecule has 20 heavy (non-hydrogen) atoms. The molecule has 3 aromatic heterocycles. The molecule has 0 saturated carbocycles. The summed E-state index contributed by atoms with van der Waals surface area (Å²) in [7, 11) is 0. The summed E-state index contributed by atoms with van der Waals surface area (Å²) < 4.78 is 2.47. The van der Waals surface area contributed by atoms with Crippen LogP contribution in [0.5, 0.6) is 0 Å². The highest BCUT2D eigenvalue weighted by Crippen LogP contribution is 2.13. The summed E-state index contributed by atoms with van der Waals surface area (Å²) in [4.78, 5) is 19.0. The van der Waals surface area contributed by atoms with Gasteiger partial charge in [0.2, 0.25) is 0 Å². The fraction of sp³-hybridized carbons (Fsp3) is 0.333. The van der Waals surface area contributed by atoms with Crippen LogP contribution < -0.4 is 10.9 Å². The number of nitrogens with zero attached hydrogens (tertiary/aromatic N) is 4. The molecule has 3 rings (SSSR count). The third-order valence-corrected chi connectivity index (χ3v) is 3.77. The van der Waals surface area contributed by atoms with Crippen LogP contribution in [-0.4, -0.2) is 31.5 Å². The molecule has 0 amide bonds. The molecule has 0 spiro atoms.